The molecule has 0 aliphatic heterocycles. The van der Waals surface area contributed by atoms with E-state index < -0.39 is 0 Å². The summed E-state index contributed by atoms with van der Waals surface area (Å²) in [7, 11) is 1.82. The molecule has 0 bridgehead atoms. The Morgan fingerprint density at radius 3 is 2.33 bits per heavy atom. The van der Waals surface area contributed by atoms with Gasteiger partial charge in [-0.15, -0.1) is 0 Å². The highest BCUT2D eigenvalue weighted by Crippen LogP contribution is 2.18. The number of nitrogens with one attached hydrogen (secondary N) is 2. The second-order valence-electron chi connectivity index (χ2n) is 3.02. The van der Waals surface area contributed by atoms with Crippen LogP contribution in [0.2, 0.25) is 10.0 Å². The number of hydrogen-bond acceptors (Lipinski definition) is 2. The Labute approximate surface area is 98.8 Å². The van der Waals surface area contributed by atoms with Gasteiger partial charge in [-0.05, 0) is 25.2 Å². The third-order valence-electron chi connectivity index (χ3n) is 1.79. The topological polar surface area (TPSA) is 41.1 Å². The molecule has 0 aliphatic carbocycles. The molecule has 3 nitrogen and oxygen atoms in total. The van der Waals surface area contributed by atoms with Gasteiger partial charge in [0, 0.05) is 28.7 Å². The van der Waals surface area contributed by atoms with E-state index in [2.05, 4.69) is 10.6 Å². The molecule has 0 saturated carbocycles. The van der Waals surface area contributed by atoms with Crippen LogP contribution >= 0.6 is 23.2 Å². The third-order valence-corrected chi connectivity index (χ3v) is 2.22. The van der Waals surface area contributed by atoms with E-state index in [-0.39, 0.29) is 5.91 Å². The molecule has 15 heavy (non-hydrogen) atoms. The molecule has 0 radical (unpaired) electrons. The first-order chi connectivity index (χ1) is 7.13. The van der Waals surface area contributed by atoms with Crippen molar-refractivity contribution in [2.75, 3.05) is 20.1 Å². The summed E-state index contributed by atoms with van der Waals surface area (Å²) in [6.45, 7) is 1.29. The Morgan fingerprint density at radius 1 is 1.20 bits per heavy atom. The van der Waals surface area contributed by atoms with Gasteiger partial charge < -0.3 is 10.6 Å². The molecule has 1 rings (SSSR count). The molecule has 0 heterocycles. The normalized spacial score (nSPS) is 10.1. The van der Waals surface area contributed by atoms with Crippen LogP contribution in [-0.4, -0.2) is 26.0 Å². The molecule has 0 unspecified atom stereocenters. The van der Waals surface area contributed by atoms with E-state index in [1.54, 1.807) is 18.2 Å². The number of hydrogen-bond donors (Lipinski definition) is 2. The fourth-order valence-electron chi connectivity index (χ4n) is 1.09. The lowest BCUT2D eigenvalue weighted by Crippen LogP contribution is -2.30. The summed E-state index contributed by atoms with van der Waals surface area (Å²) < 4.78 is 0. The summed E-state index contributed by atoms with van der Waals surface area (Å²) in [5, 5.41) is 6.59. The number of rotatable bonds is 4. The summed E-state index contributed by atoms with van der Waals surface area (Å²) in [5.41, 5.74) is 0.476. The Bertz CT molecular complexity index is 335. The van der Waals surface area contributed by atoms with Gasteiger partial charge >= 0.3 is 0 Å². The largest absolute Gasteiger partial charge is 0.351 e. The highest BCUT2D eigenvalue weighted by Gasteiger charge is 2.06. The minimum Gasteiger partial charge on any atom is -0.351 e. The zero-order chi connectivity index (χ0) is 11.3. The summed E-state index contributed by atoms with van der Waals surface area (Å²) in [6, 6.07) is 4.76. The quantitative estimate of drug-likeness (QED) is 0.798. The second kappa shape index (κ2) is 5.95. The maximum absolute atomic E-state index is 11.6. The lowest BCUT2D eigenvalue weighted by Gasteiger charge is -2.05. The van der Waals surface area contributed by atoms with Gasteiger partial charge in [0.15, 0.2) is 0 Å². The van der Waals surface area contributed by atoms with Crippen LogP contribution in [0.3, 0.4) is 0 Å². The molecule has 5 heteroatoms. The Balaban J connectivity index is 2.65. The zero-order valence-corrected chi connectivity index (χ0v) is 9.82. The van der Waals surface area contributed by atoms with Crippen molar-refractivity contribution in [1.82, 2.24) is 10.6 Å². The van der Waals surface area contributed by atoms with E-state index in [1.807, 2.05) is 7.05 Å². The molecule has 0 atom stereocenters. The minimum absolute atomic E-state index is 0.172. The van der Waals surface area contributed by atoms with Crippen molar-refractivity contribution in [2.24, 2.45) is 0 Å². The number of benzene rings is 1. The van der Waals surface area contributed by atoms with Crippen LogP contribution in [0, 0.1) is 0 Å². The molecule has 1 aromatic carbocycles. The van der Waals surface area contributed by atoms with E-state index in [1.165, 1.54) is 0 Å². The van der Waals surface area contributed by atoms with Crippen LogP contribution in [0.5, 0.6) is 0 Å². The van der Waals surface area contributed by atoms with E-state index in [0.29, 0.717) is 22.2 Å². The summed E-state index contributed by atoms with van der Waals surface area (Å²) in [4.78, 5) is 11.6. The van der Waals surface area contributed by atoms with Gasteiger partial charge in [0.05, 0.1) is 0 Å². The highest BCUT2D eigenvalue weighted by molar-refractivity contribution is 6.35. The third kappa shape index (κ3) is 4.08. The summed E-state index contributed by atoms with van der Waals surface area (Å²) >= 11 is 11.6. The average molecular weight is 247 g/mol. The first-order valence-electron chi connectivity index (χ1n) is 4.52. The van der Waals surface area contributed by atoms with Crippen LogP contribution in [0.4, 0.5) is 0 Å². The van der Waals surface area contributed by atoms with E-state index in [0.717, 1.165) is 6.54 Å². The van der Waals surface area contributed by atoms with Crippen molar-refractivity contribution in [3.05, 3.63) is 33.8 Å². The molecule has 0 spiro atoms. The Hall–Kier alpha value is -0.770. The first kappa shape index (κ1) is 12.3. The number of carbonyl (C=O) groups excluding carboxylic acids is 1. The zero-order valence-electron chi connectivity index (χ0n) is 8.31. The second-order valence-corrected chi connectivity index (χ2v) is 3.89. The van der Waals surface area contributed by atoms with Gasteiger partial charge in [0.25, 0.3) is 5.91 Å². The minimum atomic E-state index is -0.172. The maximum atomic E-state index is 11.6. The molecule has 0 aromatic heterocycles. The molecule has 2 N–H and O–H groups in total. The smallest absolute Gasteiger partial charge is 0.251 e. The fourth-order valence-corrected chi connectivity index (χ4v) is 1.61. The van der Waals surface area contributed by atoms with Crippen molar-refractivity contribution < 1.29 is 4.79 Å². The number of amides is 1. The molecule has 0 fully saturated rings. The summed E-state index contributed by atoms with van der Waals surface area (Å²) in [5.74, 6) is -0.172. The molecular formula is C10H12Cl2N2O. The van der Waals surface area contributed by atoms with Gasteiger partial charge in [-0.2, -0.15) is 0 Å². The van der Waals surface area contributed by atoms with Crippen molar-refractivity contribution in [3.8, 4) is 0 Å². The predicted octanol–water partition coefficient (Wildman–Crippen LogP) is 1.94. The maximum Gasteiger partial charge on any atom is 0.251 e. The van der Waals surface area contributed by atoms with E-state index >= 15 is 0 Å². The van der Waals surface area contributed by atoms with Crippen LogP contribution in [-0.2, 0) is 0 Å². The van der Waals surface area contributed by atoms with E-state index in [4.69, 9.17) is 23.2 Å². The molecular weight excluding hydrogens is 235 g/mol. The lowest BCUT2D eigenvalue weighted by molar-refractivity contribution is 0.0954. The number of carbonyl (C=O) groups is 1. The summed E-state index contributed by atoms with van der Waals surface area (Å²) in [6.07, 6.45) is 0. The van der Waals surface area contributed by atoms with Gasteiger partial charge in [-0.25, -0.2) is 0 Å². The fraction of sp³-hybridized carbons (Fsp3) is 0.300. The van der Waals surface area contributed by atoms with Crippen molar-refractivity contribution >= 4 is 29.1 Å². The highest BCUT2D eigenvalue weighted by atomic mass is 35.5. The molecule has 0 saturated heterocycles. The average Bonchev–Trinajstić information content (AvgIpc) is 2.16. The lowest BCUT2D eigenvalue weighted by atomic mass is 10.2. The Kier molecular flexibility index (Phi) is 4.88. The first-order valence-corrected chi connectivity index (χ1v) is 5.28. The SMILES string of the molecule is CNCCNC(=O)c1cc(Cl)cc(Cl)c1. The standard InChI is InChI=1S/C10H12Cl2N2O/c1-13-2-3-14-10(15)7-4-8(11)6-9(12)5-7/h4-6,13H,2-3H2,1H3,(H,14,15). The van der Waals surface area contributed by atoms with Crippen LogP contribution in [0.1, 0.15) is 10.4 Å². The molecule has 0 aliphatic rings. The van der Waals surface area contributed by atoms with Crippen molar-refractivity contribution in [2.45, 2.75) is 0 Å². The predicted molar refractivity (Wildman–Crippen MR) is 62.7 cm³/mol. The van der Waals surface area contributed by atoms with Gasteiger partial charge in [0.1, 0.15) is 0 Å². The van der Waals surface area contributed by atoms with Gasteiger partial charge in [-0.1, -0.05) is 23.2 Å². The Morgan fingerprint density at radius 2 is 1.80 bits per heavy atom. The molecule has 1 aromatic rings. The van der Waals surface area contributed by atoms with Gasteiger partial charge in [-0.3, -0.25) is 4.79 Å². The van der Waals surface area contributed by atoms with Crippen molar-refractivity contribution in [1.29, 1.82) is 0 Å². The van der Waals surface area contributed by atoms with E-state index in [9.17, 15) is 4.79 Å². The monoisotopic (exact) mass is 246 g/mol. The number of halogens is 2. The van der Waals surface area contributed by atoms with Crippen LogP contribution in [0.15, 0.2) is 18.2 Å². The van der Waals surface area contributed by atoms with Gasteiger partial charge in [0.2, 0.25) is 0 Å². The van der Waals surface area contributed by atoms with Crippen LogP contribution in [0.25, 0.3) is 0 Å². The number of likely N-dealkylation sites (N-methyl/N-ethyl adjacent to an activating group) is 1. The molecule has 82 valence electrons. The van der Waals surface area contributed by atoms with Crippen LogP contribution < -0.4 is 10.6 Å². The molecule has 1 amide bonds. The van der Waals surface area contributed by atoms with Crippen molar-refractivity contribution in [3.63, 3.8) is 0 Å².